The standard InChI is InChI=1S/C26H23N/c1-18-10-3-4-12-20(18)26(21-15-9-11-19(21)2)22-13-5-7-16-24(22)27-25-17-8-6-14-23(25)26/h3-14,16-17,27H,15H2,1-2H3. The number of hydrogen-bond acceptors (Lipinski definition) is 1. The second-order valence-corrected chi connectivity index (χ2v) is 7.55. The predicted octanol–water partition coefficient (Wildman–Crippen LogP) is 6.66. The molecule has 0 atom stereocenters. The first-order valence-electron chi connectivity index (χ1n) is 9.62. The number of allylic oxidation sites excluding steroid dienone is 4. The fraction of sp³-hybridized carbons (Fsp3) is 0.154. The van der Waals surface area contributed by atoms with Crippen LogP contribution in [0.15, 0.2) is 96.1 Å². The molecule has 1 nitrogen and oxygen atoms in total. The number of benzene rings is 3. The Hall–Kier alpha value is -3.06. The van der Waals surface area contributed by atoms with E-state index in [-0.39, 0.29) is 5.41 Å². The molecule has 1 heteroatoms. The van der Waals surface area contributed by atoms with Crippen molar-refractivity contribution in [3.63, 3.8) is 0 Å². The van der Waals surface area contributed by atoms with Gasteiger partial charge in [-0.25, -0.2) is 0 Å². The van der Waals surface area contributed by atoms with Crippen LogP contribution in [0.3, 0.4) is 0 Å². The van der Waals surface area contributed by atoms with Crippen molar-refractivity contribution in [1.82, 2.24) is 0 Å². The van der Waals surface area contributed by atoms with Crippen LogP contribution in [-0.4, -0.2) is 0 Å². The van der Waals surface area contributed by atoms with Crippen LogP contribution in [0.2, 0.25) is 0 Å². The molecule has 3 aromatic carbocycles. The lowest BCUT2D eigenvalue weighted by Crippen LogP contribution is -2.36. The SMILES string of the molecule is CC1=C(C2(c3ccccc3C)c3ccccc3Nc3ccccc32)CC=C1. The molecule has 132 valence electrons. The first kappa shape index (κ1) is 16.1. The van der Waals surface area contributed by atoms with Gasteiger partial charge in [0.05, 0.1) is 5.41 Å². The molecule has 0 saturated heterocycles. The summed E-state index contributed by atoms with van der Waals surface area (Å²) in [6, 6.07) is 26.4. The summed E-state index contributed by atoms with van der Waals surface area (Å²) in [4.78, 5) is 0. The summed E-state index contributed by atoms with van der Waals surface area (Å²) >= 11 is 0. The van der Waals surface area contributed by atoms with Crippen molar-refractivity contribution < 1.29 is 0 Å². The van der Waals surface area contributed by atoms with E-state index in [2.05, 4.69) is 104 Å². The minimum atomic E-state index is -0.267. The normalized spacial score (nSPS) is 16.7. The van der Waals surface area contributed by atoms with Crippen LogP contribution in [0, 0.1) is 6.92 Å². The van der Waals surface area contributed by atoms with E-state index in [1.807, 2.05) is 0 Å². The predicted molar refractivity (Wildman–Crippen MR) is 114 cm³/mol. The zero-order chi connectivity index (χ0) is 18.4. The number of hydrogen-bond donors (Lipinski definition) is 1. The van der Waals surface area contributed by atoms with Crippen molar-refractivity contribution in [3.8, 4) is 0 Å². The Balaban J connectivity index is 1.98. The van der Waals surface area contributed by atoms with Crippen LogP contribution in [-0.2, 0) is 5.41 Å². The number of aryl methyl sites for hydroxylation is 1. The Morgan fingerprint density at radius 3 is 1.81 bits per heavy atom. The van der Waals surface area contributed by atoms with Crippen molar-refractivity contribution in [1.29, 1.82) is 0 Å². The highest BCUT2D eigenvalue weighted by Gasteiger charge is 2.46. The number of rotatable bonds is 2. The molecule has 3 aromatic rings. The summed E-state index contributed by atoms with van der Waals surface area (Å²) in [5, 5.41) is 3.68. The Morgan fingerprint density at radius 2 is 1.26 bits per heavy atom. The molecule has 0 unspecified atom stereocenters. The molecule has 1 heterocycles. The van der Waals surface area contributed by atoms with Crippen LogP contribution in [0.5, 0.6) is 0 Å². The molecule has 27 heavy (non-hydrogen) atoms. The molecule has 1 aliphatic heterocycles. The molecule has 0 aromatic heterocycles. The van der Waals surface area contributed by atoms with E-state index in [1.54, 1.807) is 0 Å². The maximum atomic E-state index is 3.68. The van der Waals surface area contributed by atoms with Gasteiger partial charge >= 0.3 is 0 Å². The summed E-state index contributed by atoms with van der Waals surface area (Å²) < 4.78 is 0. The van der Waals surface area contributed by atoms with Gasteiger partial charge in [-0.05, 0) is 60.2 Å². The van der Waals surface area contributed by atoms with E-state index in [9.17, 15) is 0 Å². The van der Waals surface area contributed by atoms with Gasteiger partial charge in [0, 0.05) is 11.4 Å². The second kappa shape index (κ2) is 5.99. The fourth-order valence-corrected chi connectivity index (χ4v) is 4.96. The first-order chi connectivity index (χ1) is 13.2. The Morgan fingerprint density at radius 1 is 0.704 bits per heavy atom. The number of para-hydroxylation sites is 2. The van der Waals surface area contributed by atoms with Gasteiger partial charge in [0.2, 0.25) is 0 Å². The molecule has 5 rings (SSSR count). The van der Waals surface area contributed by atoms with Gasteiger partial charge in [-0.2, -0.15) is 0 Å². The molecule has 0 bridgehead atoms. The summed E-state index contributed by atoms with van der Waals surface area (Å²) in [6.45, 7) is 4.49. The average molecular weight is 349 g/mol. The summed E-state index contributed by atoms with van der Waals surface area (Å²) in [7, 11) is 0. The van der Waals surface area contributed by atoms with Gasteiger partial charge in [-0.3, -0.25) is 0 Å². The average Bonchev–Trinajstić information content (AvgIpc) is 3.13. The largest absolute Gasteiger partial charge is 0.355 e. The van der Waals surface area contributed by atoms with Gasteiger partial charge < -0.3 is 5.32 Å². The molecule has 0 fully saturated rings. The van der Waals surface area contributed by atoms with E-state index >= 15 is 0 Å². The third kappa shape index (κ3) is 2.18. The highest BCUT2D eigenvalue weighted by atomic mass is 14.9. The van der Waals surface area contributed by atoms with E-state index in [0.717, 1.165) is 6.42 Å². The van der Waals surface area contributed by atoms with E-state index < -0.39 is 0 Å². The van der Waals surface area contributed by atoms with Gasteiger partial charge in [-0.1, -0.05) is 78.4 Å². The van der Waals surface area contributed by atoms with Gasteiger partial charge in [0.25, 0.3) is 0 Å². The van der Waals surface area contributed by atoms with Crippen molar-refractivity contribution in [3.05, 3.63) is 118 Å². The van der Waals surface area contributed by atoms with Gasteiger partial charge in [0.15, 0.2) is 0 Å². The molecule has 1 N–H and O–H groups in total. The van der Waals surface area contributed by atoms with E-state index in [4.69, 9.17) is 0 Å². The highest BCUT2D eigenvalue weighted by molar-refractivity contribution is 5.82. The molecule has 0 spiro atoms. The Kier molecular flexibility index (Phi) is 3.58. The van der Waals surface area contributed by atoms with Crippen molar-refractivity contribution in [2.75, 3.05) is 5.32 Å². The smallest absolute Gasteiger partial charge is 0.0713 e. The van der Waals surface area contributed by atoms with Crippen LogP contribution < -0.4 is 5.32 Å². The fourth-order valence-electron chi connectivity index (χ4n) is 4.96. The third-order valence-electron chi connectivity index (χ3n) is 6.10. The number of fused-ring (bicyclic) bond motifs is 2. The summed E-state index contributed by atoms with van der Waals surface area (Å²) in [5.74, 6) is 0. The van der Waals surface area contributed by atoms with Crippen molar-refractivity contribution >= 4 is 11.4 Å². The van der Waals surface area contributed by atoms with Crippen LogP contribution in [0.4, 0.5) is 11.4 Å². The van der Waals surface area contributed by atoms with Gasteiger partial charge in [0.1, 0.15) is 0 Å². The maximum Gasteiger partial charge on any atom is 0.0713 e. The summed E-state index contributed by atoms with van der Waals surface area (Å²) in [5.41, 5.74) is 10.4. The minimum Gasteiger partial charge on any atom is -0.355 e. The highest BCUT2D eigenvalue weighted by Crippen LogP contribution is 2.56. The maximum absolute atomic E-state index is 3.68. The molecule has 1 aliphatic carbocycles. The zero-order valence-corrected chi connectivity index (χ0v) is 15.8. The number of anilines is 2. The quantitative estimate of drug-likeness (QED) is 0.545. The third-order valence-corrected chi connectivity index (χ3v) is 6.10. The lowest BCUT2D eigenvalue weighted by Gasteiger charge is -2.44. The molecule has 0 radical (unpaired) electrons. The number of nitrogens with one attached hydrogen (secondary N) is 1. The zero-order valence-electron chi connectivity index (χ0n) is 15.8. The summed E-state index contributed by atoms with van der Waals surface area (Å²) in [6.07, 6.45) is 5.57. The van der Waals surface area contributed by atoms with E-state index in [0.29, 0.717) is 0 Å². The molecule has 0 amide bonds. The lowest BCUT2D eigenvalue weighted by molar-refractivity contribution is 0.696. The molecule has 0 saturated carbocycles. The second-order valence-electron chi connectivity index (χ2n) is 7.55. The van der Waals surface area contributed by atoms with Crippen LogP contribution in [0.25, 0.3) is 0 Å². The topological polar surface area (TPSA) is 12.0 Å². The van der Waals surface area contributed by atoms with Crippen molar-refractivity contribution in [2.45, 2.75) is 25.7 Å². The van der Waals surface area contributed by atoms with Crippen molar-refractivity contribution in [2.24, 2.45) is 0 Å². The minimum absolute atomic E-state index is 0.267. The Bertz CT molecular complexity index is 1040. The molecule has 2 aliphatic rings. The first-order valence-corrected chi connectivity index (χ1v) is 9.62. The monoisotopic (exact) mass is 349 g/mol. The van der Waals surface area contributed by atoms with Gasteiger partial charge in [-0.15, -0.1) is 0 Å². The van der Waals surface area contributed by atoms with E-state index in [1.165, 1.54) is 44.8 Å². The lowest BCUT2D eigenvalue weighted by atomic mass is 9.60. The van der Waals surface area contributed by atoms with Crippen LogP contribution >= 0.6 is 0 Å². The molecular formula is C26H23N. The van der Waals surface area contributed by atoms with Crippen LogP contribution in [0.1, 0.15) is 35.6 Å². The molecular weight excluding hydrogens is 326 g/mol. The Labute approximate surface area is 161 Å².